The van der Waals surface area contributed by atoms with E-state index in [1.54, 1.807) is 24.3 Å². The number of benzene rings is 3. The molecule has 0 unspecified atom stereocenters. The molecule has 0 saturated carbocycles. The Balaban J connectivity index is 1.71. The van der Waals surface area contributed by atoms with Gasteiger partial charge < -0.3 is 9.47 Å². The molecule has 32 heavy (non-hydrogen) atoms. The summed E-state index contributed by atoms with van der Waals surface area (Å²) in [7, 11) is 1.46. The molecule has 0 radical (unpaired) electrons. The summed E-state index contributed by atoms with van der Waals surface area (Å²) in [6.07, 6.45) is 1.33. The van der Waals surface area contributed by atoms with Crippen molar-refractivity contribution < 1.29 is 18.7 Å². The summed E-state index contributed by atoms with van der Waals surface area (Å²) >= 11 is 12.5. The average Bonchev–Trinajstić information content (AvgIpc) is 2.78. The molecule has 6 nitrogen and oxygen atoms in total. The Bertz CT molecular complexity index is 1230. The molecule has 0 aliphatic heterocycles. The number of amides is 1. The number of rotatable bonds is 7. The largest absolute Gasteiger partial charge is 0.493 e. The van der Waals surface area contributed by atoms with E-state index < -0.39 is 11.7 Å². The lowest BCUT2D eigenvalue weighted by Crippen LogP contribution is -2.19. The molecular formula is C23H16Cl2FN3O3. The maximum absolute atomic E-state index is 13.9. The SMILES string of the molecule is COc1cc(/C=N\NC(=O)c2ccc(C#N)cc2F)cc(Cl)c1OCc1ccccc1Cl. The van der Waals surface area contributed by atoms with Crippen molar-refractivity contribution in [2.24, 2.45) is 5.10 Å². The standard InChI is InChI=1S/C23H16Cl2FN3O3/c1-31-21-10-15(8-19(25)22(21)32-13-16-4-2-3-5-18(16)24)12-28-29-23(30)17-7-6-14(11-27)9-20(17)26/h2-10,12H,13H2,1H3,(H,29,30)/b28-12-. The van der Waals surface area contributed by atoms with Crippen LogP contribution in [0.1, 0.15) is 27.0 Å². The van der Waals surface area contributed by atoms with Crippen molar-refractivity contribution in [1.82, 2.24) is 5.43 Å². The van der Waals surface area contributed by atoms with E-state index in [1.807, 2.05) is 18.2 Å². The smallest absolute Gasteiger partial charge is 0.274 e. The number of nitriles is 1. The van der Waals surface area contributed by atoms with Gasteiger partial charge in [0.1, 0.15) is 12.4 Å². The molecule has 0 bridgehead atoms. The van der Waals surface area contributed by atoms with Gasteiger partial charge in [0.2, 0.25) is 0 Å². The van der Waals surface area contributed by atoms with Gasteiger partial charge in [-0.1, -0.05) is 41.4 Å². The van der Waals surface area contributed by atoms with E-state index in [1.165, 1.54) is 25.5 Å². The molecular weight excluding hydrogens is 456 g/mol. The van der Waals surface area contributed by atoms with Crippen LogP contribution in [-0.4, -0.2) is 19.2 Å². The number of halogens is 3. The first-order chi connectivity index (χ1) is 15.4. The van der Waals surface area contributed by atoms with E-state index in [2.05, 4.69) is 10.5 Å². The second-order valence-corrected chi connectivity index (χ2v) is 7.23. The van der Waals surface area contributed by atoms with Crippen molar-refractivity contribution >= 4 is 35.3 Å². The first-order valence-corrected chi connectivity index (χ1v) is 9.95. The second kappa shape index (κ2) is 10.6. The lowest BCUT2D eigenvalue weighted by molar-refractivity contribution is 0.0951. The van der Waals surface area contributed by atoms with E-state index in [-0.39, 0.29) is 22.8 Å². The zero-order chi connectivity index (χ0) is 23.1. The molecule has 3 rings (SSSR count). The van der Waals surface area contributed by atoms with Crippen LogP contribution in [0.15, 0.2) is 59.7 Å². The fourth-order valence-electron chi connectivity index (χ4n) is 2.71. The molecule has 0 fully saturated rings. The average molecular weight is 472 g/mol. The van der Waals surface area contributed by atoms with E-state index in [4.69, 9.17) is 37.9 Å². The number of hydrogen-bond acceptors (Lipinski definition) is 5. The van der Waals surface area contributed by atoms with Crippen molar-refractivity contribution in [3.8, 4) is 17.6 Å². The Morgan fingerprint density at radius 3 is 2.66 bits per heavy atom. The lowest BCUT2D eigenvalue weighted by atomic mass is 10.1. The van der Waals surface area contributed by atoms with Gasteiger partial charge in [0.05, 0.1) is 35.5 Å². The third-order valence-electron chi connectivity index (χ3n) is 4.30. The van der Waals surface area contributed by atoms with Crippen LogP contribution in [0.3, 0.4) is 0 Å². The van der Waals surface area contributed by atoms with Gasteiger partial charge in [0, 0.05) is 10.6 Å². The summed E-state index contributed by atoms with van der Waals surface area (Å²) in [5.41, 5.74) is 3.40. The molecule has 162 valence electrons. The van der Waals surface area contributed by atoms with Gasteiger partial charge in [-0.25, -0.2) is 9.82 Å². The van der Waals surface area contributed by atoms with Crippen LogP contribution in [0.25, 0.3) is 0 Å². The number of hydrazone groups is 1. The summed E-state index contributed by atoms with van der Waals surface area (Å²) in [6, 6.07) is 15.8. The minimum absolute atomic E-state index is 0.112. The molecule has 9 heteroatoms. The van der Waals surface area contributed by atoms with Gasteiger partial charge in [-0.3, -0.25) is 4.79 Å². The van der Waals surface area contributed by atoms with Crippen LogP contribution in [0.2, 0.25) is 10.0 Å². The van der Waals surface area contributed by atoms with Crippen LogP contribution < -0.4 is 14.9 Å². The van der Waals surface area contributed by atoms with Crippen LogP contribution >= 0.6 is 23.2 Å². The van der Waals surface area contributed by atoms with Crippen LogP contribution in [0.4, 0.5) is 4.39 Å². The number of ether oxygens (including phenoxy) is 2. The van der Waals surface area contributed by atoms with E-state index in [9.17, 15) is 9.18 Å². The zero-order valence-corrected chi connectivity index (χ0v) is 18.2. The highest BCUT2D eigenvalue weighted by Gasteiger charge is 2.14. The highest BCUT2D eigenvalue weighted by molar-refractivity contribution is 6.32. The second-order valence-electron chi connectivity index (χ2n) is 6.42. The number of hydrogen-bond donors (Lipinski definition) is 1. The predicted molar refractivity (Wildman–Crippen MR) is 120 cm³/mol. The van der Waals surface area contributed by atoms with Gasteiger partial charge in [-0.05, 0) is 42.0 Å². The minimum Gasteiger partial charge on any atom is -0.493 e. The van der Waals surface area contributed by atoms with Crippen molar-refractivity contribution in [3.05, 3.63) is 92.7 Å². The van der Waals surface area contributed by atoms with E-state index >= 15 is 0 Å². The maximum Gasteiger partial charge on any atom is 0.274 e. The Kier molecular flexibility index (Phi) is 7.66. The number of methoxy groups -OCH3 is 1. The Morgan fingerprint density at radius 1 is 1.19 bits per heavy atom. The number of nitrogens with one attached hydrogen (secondary N) is 1. The fraction of sp³-hybridized carbons (Fsp3) is 0.0870. The van der Waals surface area contributed by atoms with E-state index in [0.717, 1.165) is 11.6 Å². The predicted octanol–water partition coefficient (Wildman–Crippen LogP) is 5.36. The quantitative estimate of drug-likeness (QED) is 0.371. The first-order valence-electron chi connectivity index (χ1n) is 9.19. The number of nitrogens with zero attached hydrogens (tertiary/aromatic N) is 2. The Hall–Kier alpha value is -3.60. The number of carbonyl (C=O) groups is 1. The highest BCUT2D eigenvalue weighted by Crippen LogP contribution is 2.37. The summed E-state index contributed by atoms with van der Waals surface area (Å²) < 4.78 is 25.1. The minimum atomic E-state index is -0.818. The van der Waals surface area contributed by atoms with Crippen molar-refractivity contribution in [3.63, 3.8) is 0 Å². The normalized spacial score (nSPS) is 10.6. The molecule has 0 saturated heterocycles. The monoisotopic (exact) mass is 471 g/mol. The molecule has 0 heterocycles. The summed E-state index contributed by atoms with van der Waals surface area (Å²) in [5.74, 6) is -0.895. The summed E-state index contributed by atoms with van der Waals surface area (Å²) in [6.45, 7) is 0.190. The van der Waals surface area contributed by atoms with Gasteiger partial charge in [0.15, 0.2) is 11.5 Å². The third kappa shape index (κ3) is 5.55. The van der Waals surface area contributed by atoms with E-state index in [0.29, 0.717) is 22.1 Å². The molecule has 0 aliphatic carbocycles. The third-order valence-corrected chi connectivity index (χ3v) is 4.95. The maximum atomic E-state index is 13.9. The fourth-order valence-corrected chi connectivity index (χ4v) is 3.18. The van der Waals surface area contributed by atoms with Crippen molar-refractivity contribution in [2.45, 2.75) is 6.61 Å². The molecule has 0 atom stereocenters. The Labute approximate surface area is 193 Å². The van der Waals surface area contributed by atoms with Gasteiger partial charge >= 0.3 is 0 Å². The van der Waals surface area contributed by atoms with Crippen molar-refractivity contribution in [2.75, 3.05) is 7.11 Å². The molecule has 3 aromatic rings. The molecule has 3 aromatic carbocycles. The van der Waals surface area contributed by atoms with Gasteiger partial charge in [-0.2, -0.15) is 10.4 Å². The molecule has 1 N–H and O–H groups in total. The molecule has 0 spiro atoms. The van der Waals surface area contributed by atoms with Crippen molar-refractivity contribution in [1.29, 1.82) is 5.26 Å². The topological polar surface area (TPSA) is 83.7 Å². The molecule has 0 aliphatic rings. The van der Waals surface area contributed by atoms with Gasteiger partial charge in [0.25, 0.3) is 5.91 Å². The number of carbonyl (C=O) groups excluding carboxylic acids is 1. The molecule has 0 aromatic heterocycles. The van der Waals surface area contributed by atoms with Crippen LogP contribution in [0.5, 0.6) is 11.5 Å². The zero-order valence-electron chi connectivity index (χ0n) is 16.7. The first kappa shape index (κ1) is 23.1. The molecule has 1 amide bonds. The van der Waals surface area contributed by atoms with Crippen LogP contribution in [0, 0.1) is 17.1 Å². The van der Waals surface area contributed by atoms with Crippen LogP contribution in [-0.2, 0) is 6.61 Å². The lowest BCUT2D eigenvalue weighted by Gasteiger charge is -2.14. The summed E-state index contributed by atoms with van der Waals surface area (Å²) in [4.78, 5) is 12.1. The Morgan fingerprint density at radius 2 is 1.97 bits per heavy atom. The van der Waals surface area contributed by atoms with Gasteiger partial charge in [-0.15, -0.1) is 0 Å². The summed E-state index contributed by atoms with van der Waals surface area (Å²) in [5, 5.41) is 13.4. The highest BCUT2D eigenvalue weighted by atomic mass is 35.5.